The Morgan fingerprint density at radius 3 is 2.84 bits per heavy atom. The zero-order valence-electron chi connectivity index (χ0n) is 13.1. The highest BCUT2D eigenvalue weighted by molar-refractivity contribution is 5.92. The molecule has 0 radical (unpaired) electrons. The highest BCUT2D eigenvalue weighted by Crippen LogP contribution is 2.27. The number of carbonyl (C=O) groups is 1. The number of carbonyl (C=O) groups excluding carboxylic acids is 1. The summed E-state index contributed by atoms with van der Waals surface area (Å²) in [6, 6.07) is 5.39. The fourth-order valence-corrected chi connectivity index (χ4v) is 2.75. The summed E-state index contributed by atoms with van der Waals surface area (Å²) >= 11 is 0. The van der Waals surface area contributed by atoms with Crippen molar-refractivity contribution in [3.63, 3.8) is 0 Å². The third-order valence-corrected chi connectivity index (χ3v) is 3.65. The van der Waals surface area contributed by atoms with Gasteiger partial charge in [0.25, 0.3) is 5.91 Å². The maximum atomic E-state index is 12.6. The van der Waals surface area contributed by atoms with E-state index in [9.17, 15) is 4.79 Å². The summed E-state index contributed by atoms with van der Waals surface area (Å²) in [6.45, 7) is 9.52. The topological polar surface area (TPSA) is 45.2 Å². The molecular formula is C15H23N3O. The molecule has 1 aliphatic heterocycles. The number of aromatic nitrogens is 1. The van der Waals surface area contributed by atoms with E-state index in [4.69, 9.17) is 1.41 Å². The van der Waals surface area contributed by atoms with Gasteiger partial charge in [0, 0.05) is 31.4 Å². The first kappa shape index (κ1) is 12.6. The van der Waals surface area contributed by atoms with Gasteiger partial charge in [0.15, 0.2) is 0 Å². The normalized spacial score (nSPS) is 26.1. The van der Waals surface area contributed by atoms with Gasteiger partial charge in [-0.3, -0.25) is 9.78 Å². The number of nitrogens with one attached hydrogen (secondary N) is 1. The van der Waals surface area contributed by atoms with Gasteiger partial charge in [-0.25, -0.2) is 0 Å². The van der Waals surface area contributed by atoms with Crippen LogP contribution in [0.3, 0.4) is 0 Å². The number of rotatable bonds is 1. The lowest BCUT2D eigenvalue weighted by Crippen LogP contribution is -2.62. The first-order chi connectivity index (χ1) is 9.32. The van der Waals surface area contributed by atoms with Crippen LogP contribution >= 0.6 is 0 Å². The van der Waals surface area contributed by atoms with Gasteiger partial charge < -0.3 is 10.2 Å². The van der Waals surface area contributed by atoms with Crippen molar-refractivity contribution in [3.05, 3.63) is 30.1 Å². The molecule has 1 saturated heterocycles. The van der Waals surface area contributed by atoms with Crippen molar-refractivity contribution in [1.82, 2.24) is 15.2 Å². The third kappa shape index (κ3) is 2.95. The van der Waals surface area contributed by atoms with E-state index < -0.39 is 0 Å². The van der Waals surface area contributed by atoms with E-state index in [0.29, 0.717) is 18.8 Å². The minimum absolute atomic E-state index is 0.00393. The standard InChI is InChI=1S/C15H23N3O/c1-11-13(15(2,3)4)17-9-10-18(11)14(19)12-7-5-6-8-16-12/h5-8,11,13,17H,9-10H2,1-4H3/t11-,13?/m0/s1/i/hD. The molecule has 1 amide bonds. The average molecular weight is 262 g/mol. The van der Waals surface area contributed by atoms with Crippen LogP contribution in [0.2, 0.25) is 1.41 Å². The van der Waals surface area contributed by atoms with Gasteiger partial charge >= 0.3 is 0 Å². The van der Waals surface area contributed by atoms with Gasteiger partial charge in [0.05, 0.1) is 0 Å². The molecule has 0 saturated carbocycles. The van der Waals surface area contributed by atoms with Gasteiger partial charge in [-0.2, -0.15) is 0 Å². The molecule has 2 atom stereocenters. The van der Waals surface area contributed by atoms with E-state index >= 15 is 0 Å². The monoisotopic (exact) mass is 262 g/mol. The summed E-state index contributed by atoms with van der Waals surface area (Å²) < 4.78 is 8.13. The molecule has 0 spiro atoms. The Labute approximate surface area is 116 Å². The van der Waals surface area contributed by atoms with E-state index in [-0.39, 0.29) is 23.4 Å². The first-order valence-corrected chi connectivity index (χ1v) is 6.80. The van der Waals surface area contributed by atoms with Gasteiger partial charge in [-0.15, -0.1) is 0 Å². The fourth-order valence-electron chi connectivity index (χ4n) is 2.75. The van der Waals surface area contributed by atoms with Crippen LogP contribution < -0.4 is 5.31 Å². The maximum Gasteiger partial charge on any atom is 0.272 e. The number of nitrogens with zero attached hydrogens (tertiary/aromatic N) is 2. The minimum Gasteiger partial charge on any atom is -0.332 e. The zero-order valence-corrected chi connectivity index (χ0v) is 12.1. The van der Waals surface area contributed by atoms with Crippen LogP contribution in [0, 0.1) is 5.41 Å². The van der Waals surface area contributed by atoms with Crippen LogP contribution in [0.15, 0.2) is 24.4 Å². The molecule has 2 heterocycles. The Hall–Kier alpha value is -1.42. The average Bonchev–Trinajstić information content (AvgIpc) is 2.37. The second kappa shape index (κ2) is 5.29. The van der Waals surface area contributed by atoms with Gasteiger partial charge in [-0.1, -0.05) is 26.8 Å². The van der Waals surface area contributed by atoms with Crippen molar-refractivity contribution in [3.8, 4) is 0 Å². The largest absolute Gasteiger partial charge is 0.332 e. The molecule has 2 rings (SSSR count). The smallest absolute Gasteiger partial charge is 0.272 e. The third-order valence-electron chi connectivity index (χ3n) is 3.65. The van der Waals surface area contributed by atoms with Gasteiger partial charge in [0.2, 0.25) is 0 Å². The molecule has 104 valence electrons. The van der Waals surface area contributed by atoms with Crippen molar-refractivity contribution < 1.29 is 6.21 Å². The van der Waals surface area contributed by atoms with Gasteiger partial charge in [0.1, 0.15) is 7.11 Å². The molecule has 1 aliphatic rings. The lowest BCUT2D eigenvalue weighted by Gasteiger charge is -2.45. The minimum atomic E-state index is -0.0514. The van der Waals surface area contributed by atoms with Crippen molar-refractivity contribution in [2.75, 3.05) is 13.1 Å². The summed E-state index contributed by atoms with van der Waals surface area (Å²) in [6.07, 6.45) is 1.64. The van der Waals surface area contributed by atoms with Crippen molar-refractivity contribution >= 4 is 5.91 Å². The quantitative estimate of drug-likeness (QED) is 0.841. The Morgan fingerprint density at radius 2 is 2.26 bits per heavy atom. The lowest BCUT2D eigenvalue weighted by molar-refractivity contribution is 0.0460. The highest BCUT2D eigenvalue weighted by atomic mass is 16.2. The van der Waals surface area contributed by atoms with Crippen LogP contribution in [0.4, 0.5) is 0 Å². The molecule has 4 nitrogen and oxygen atoms in total. The van der Waals surface area contributed by atoms with Crippen molar-refractivity contribution in [1.29, 1.82) is 0 Å². The second-order valence-corrected chi connectivity index (χ2v) is 6.17. The molecule has 0 bridgehead atoms. The van der Waals surface area contributed by atoms with Crippen LogP contribution in [0.5, 0.6) is 0 Å². The molecule has 1 N–H and O–H groups in total. The number of piperazine rings is 1. The molecule has 0 aromatic carbocycles. The number of hydrogen-bond donors (Lipinski definition) is 1. The van der Waals surface area contributed by atoms with Crippen LogP contribution in [0.25, 0.3) is 0 Å². The second-order valence-electron chi connectivity index (χ2n) is 6.17. The zero-order chi connectivity index (χ0) is 14.9. The molecule has 1 fully saturated rings. The summed E-state index contributed by atoms with van der Waals surface area (Å²) in [5, 5.41) is 1.62. The molecule has 4 heteroatoms. The number of hydrogen-bond acceptors (Lipinski definition) is 3. The SMILES string of the molecule is [2H]N1CCN(C(=O)c2ccccn2)[C@@H](C)C1C(C)(C)C. The Kier molecular flexibility index (Phi) is 3.51. The first-order valence-electron chi connectivity index (χ1n) is 7.24. The van der Waals surface area contributed by atoms with E-state index in [1.54, 1.807) is 23.6 Å². The van der Waals surface area contributed by atoms with Crippen molar-refractivity contribution in [2.24, 2.45) is 5.41 Å². The molecule has 1 aromatic heterocycles. The lowest BCUT2D eigenvalue weighted by atomic mass is 9.81. The Balaban J connectivity index is 2.23. The molecule has 1 unspecified atom stereocenters. The Bertz CT molecular complexity index is 472. The summed E-state index contributed by atoms with van der Waals surface area (Å²) in [5.41, 5.74) is 0.426. The molecule has 0 aliphatic carbocycles. The van der Waals surface area contributed by atoms with Gasteiger partial charge in [-0.05, 0) is 24.5 Å². The van der Waals surface area contributed by atoms with Crippen LogP contribution in [-0.4, -0.2) is 41.0 Å². The van der Waals surface area contributed by atoms with E-state index in [2.05, 4.69) is 25.8 Å². The van der Waals surface area contributed by atoms with Crippen LogP contribution in [0.1, 0.15) is 38.2 Å². The Morgan fingerprint density at radius 1 is 1.53 bits per heavy atom. The van der Waals surface area contributed by atoms with E-state index in [1.165, 1.54) is 0 Å². The predicted octanol–water partition coefficient (Wildman–Crippen LogP) is 1.93. The maximum absolute atomic E-state index is 12.6. The number of amides is 1. The number of pyridine rings is 1. The highest BCUT2D eigenvalue weighted by Gasteiger charge is 2.37. The van der Waals surface area contributed by atoms with E-state index in [0.717, 1.165) is 0 Å². The molecular weight excluding hydrogens is 238 g/mol. The van der Waals surface area contributed by atoms with Crippen LogP contribution in [-0.2, 0) is 0 Å². The summed E-state index contributed by atoms with van der Waals surface area (Å²) in [5.74, 6) is -0.0413. The molecule has 1 aromatic rings. The van der Waals surface area contributed by atoms with E-state index in [1.807, 2.05) is 17.9 Å². The van der Waals surface area contributed by atoms with Crippen molar-refractivity contribution in [2.45, 2.75) is 39.8 Å². The summed E-state index contributed by atoms with van der Waals surface area (Å²) in [7, 11) is 0. The predicted molar refractivity (Wildman–Crippen MR) is 76.0 cm³/mol. The molecule has 19 heavy (non-hydrogen) atoms. The summed E-state index contributed by atoms with van der Waals surface area (Å²) in [4.78, 5) is 18.6. The fraction of sp³-hybridized carbons (Fsp3) is 0.600.